The van der Waals surface area contributed by atoms with E-state index < -0.39 is 30.1 Å². The standard InChI is InChI=1S/C23H26F6N2O3/c1-30-4-6-31(7-5-30)13-19-20(33-3)11-18(32-2)12-21(19)34-14-15-8-16(22(24,25)26)10-17(9-15)23(27,28)29/h8-12H,4-7,13-14H2,1-3H3. The molecular weight excluding hydrogens is 466 g/mol. The molecule has 1 saturated heterocycles. The second-order valence-corrected chi connectivity index (χ2v) is 8.09. The number of benzene rings is 2. The van der Waals surface area contributed by atoms with E-state index in [0.717, 1.165) is 26.2 Å². The highest BCUT2D eigenvalue weighted by Crippen LogP contribution is 2.38. The third-order valence-corrected chi connectivity index (χ3v) is 5.62. The van der Waals surface area contributed by atoms with Gasteiger partial charge in [0.15, 0.2) is 0 Å². The van der Waals surface area contributed by atoms with Crippen molar-refractivity contribution in [1.29, 1.82) is 0 Å². The van der Waals surface area contributed by atoms with Crippen LogP contribution in [0.15, 0.2) is 30.3 Å². The van der Waals surface area contributed by atoms with Gasteiger partial charge < -0.3 is 19.1 Å². The molecule has 0 N–H and O–H groups in total. The zero-order chi connectivity index (χ0) is 25.1. The maximum absolute atomic E-state index is 13.2. The Hall–Kier alpha value is -2.66. The second-order valence-electron chi connectivity index (χ2n) is 8.09. The molecule has 2 aromatic carbocycles. The molecule has 0 aromatic heterocycles. The first kappa shape index (κ1) is 26.0. The largest absolute Gasteiger partial charge is 0.496 e. The Balaban J connectivity index is 1.92. The fourth-order valence-electron chi connectivity index (χ4n) is 3.67. The molecule has 0 aliphatic carbocycles. The van der Waals surface area contributed by atoms with Crippen molar-refractivity contribution in [1.82, 2.24) is 9.80 Å². The number of halogens is 6. The first-order valence-corrected chi connectivity index (χ1v) is 10.5. The van der Waals surface area contributed by atoms with Gasteiger partial charge in [-0.1, -0.05) is 0 Å². The van der Waals surface area contributed by atoms with Crippen molar-refractivity contribution < 1.29 is 40.6 Å². The normalized spacial score (nSPS) is 15.9. The molecule has 0 unspecified atom stereocenters. The van der Waals surface area contributed by atoms with Crippen LogP contribution in [-0.4, -0.2) is 57.2 Å². The maximum atomic E-state index is 13.2. The van der Waals surface area contributed by atoms with Crippen LogP contribution in [-0.2, 0) is 25.5 Å². The molecule has 0 bridgehead atoms. The topological polar surface area (TPSA) is 34.2 Å². The molecule has 0 atom stereocenters. The van der Waals surface area contributed by atoms with Crippen LogP contribution in [0.25, 0.3) is 0 Å². The highest BCUT2D eigenvalue weighted by molar-refractivity contribution is 5.51. The van der Waals surface area contributed by atoms with E-state index in [0.29, 0.717) is 35.7 Å². The molecule has 188 valence electrons. The number of ether oxygens (including phenoxy) is 3. The molecule has 0 amide bonds. The molecule has 2 aromatic rings. The van der Waals surface area contributed by atoms with E-state index in [4.69, 9.17) is 14.2 Å². The Kier molecular flexibility index (Phi) is 7.87. The monoisotopic (exact) mass is 492 g/mol. The number of hydrogen-bond donors (Lipinski definition) is 0. The summed E-state index contributed by atoms with van der Waals surface area (Å²) < 4.78 is 95.7. The number of rotatable bonds is 7. The van der Waals surface area contributed by atoms with Crippen LogP contribution in [0.2, 0.25) is 0 Å². The molecule has 1 aliphatic heterocycles. The van der Waals surface area contributed by atoms with E-state index in [1.54, 1.807) is 12.1 Å². The summed E-state index contributed by atoms with van der Waals surface area (Å²) in [5.74, 6) is 1.10. The minimum absolute atomic E-state index is 0.0941. The lowest BCUT2D eigenvalue weighted by Crippen LogP contribution is -2.43. The molecule has 34 heavy (non-hydrogen) atoms. The van der Waals surface area contributed by atoms with Crippen molar-refractivity contribution in [2.24, 2.45) is 0 Å². The van der Waals surface area contributed by atoms with Crippen LogP contribution in [0.1, 0.15) is 22.3 Å². The van der Waals surface area contributed by atoms with Crippen molar-refractivity contribution >= 4 is 0 Å². The van der Waals surface area contributed by atoms with Crippen LogP contribution in [0.5, 0.6) is 17.2 Å². The highest BCUT2D eigenvalue weighted by Gasteiger charge is 2.37. The number of hydrogen-bond acceptors (Lipinski definition) is 5. The number of piperazine rings is 1. The Morgan fingerprint density at radius 2 is 1.32 bits per heavy atom. The summed E-state index contributed by atoms with van der Waals surface area (Å²) in [4.78, 5) is 4.36. The van der Waals surface area contributed by atoms with E-state index in [1.807, 2.05) is 7.05 Å². The lowest BCUT2D eigenvalue weighted by Gasteiger charge is -2.33. The van der Waals surface area contributed by atoms with Gasteiger partial charge in [0.25, 0.3) is 0 Å². The Morgan fingerprint density at radius 3 is 1.82 bits per heavy atom. The number of likely N-dealkylation sites (N-methyl/N-ethyl adjacent to an activating group) is 1. The fourth-order valence-corrected chi connectivity index (χ4v) is 3.67. The van der Waals surface area contributed by atoms with E-state index in [1.165, 1.54) is 14.2 Å². The molecule has 5 nitrogen and oxygen atoms in total. The van der Waals surface area contributed by atoms with E-state index in [-0.39, 0.29) is 17.4 Å². The Bertz CT molecular complexity index is 954. The summed E-state index contributed by atoms with van der Waals surface area (Å²) in [5, 5.41) is 0. The molecule has 1 heterocycles. The lowest BCUT2D eigenvalue weighted by atomic mass is 10.0. The van der Waals surface area contributed by atoms with Crippen molar-refractivity contribution in [3.63, 3.8) is 0 Å². The van der Waals surface area contributed by atoms with Gasteiger partial charge in [0.1, 0.15) is 23.9 Å². The minimum Gasteiger partial charge on any atom is -0.496 e. The number of nitrogens with zero attached hydrogens (tertiary/aromatic N) is 2. The molecule has 11 heteroatoms. The van der Waals surface area contributed by atoms with Crippen LogP contribution in [0.3, 0.4) is 0 Å². The van der Waals surface area contributed by atoms with Gasteiger partial charge in [-0.2, -0.15) is 26.3 Å². The summed E-state index contributed by atoms with van der Waals surface area (Å²) in [7, 11) is 4.92. The molecule has 1 fully saturated rings. The predicted octanol–water partition coefficient (Wildman–Crippen LogP) is 5.07. The summed E-state index contributed by atoms with van der Waals surface area (Å²) in [6.45, 7) is 3.23. The SMILES string of the molecule is COc1cc(OC)c(CN2CCN(C)CC2)c(OCc2cc(C(F)(F)F)cc(C(F)(F)F)c2)c1. The quantitative estimate of drug-likeness (QED) is 0.505. The maximum Gasteiger partial charge on any atom is 0.416 e. The lowest BCUT2D eigenvalue weighted by molar-refractivity contribution is -0.143. The molecule has 0 saturated carbocycles. The number of alkyl halides is 6. The predicted molar refractivity (Wildman–Crippen MR) is 113 cm³/mol. The third kappa shape index (κ3) is 6.47. The Labute approximate surface area is 193 Å². The zero-order valence-electron chi connectivity index (χ0n) is 19.0. The minimum atomic E-state index is -4.93. The van der Waals surface area contributed by atoms with Crippen molar-refractivity contribution in [2.45, 2.75) is 25.5 Å². The summed E-state index contributed by atoms with van der Waals surface area (Å²) in [6.07, 6.45) is -9.86. The van der Waals surface area contributed by atoms with Crippen LogP contribution < -0.4 is 14.2 Å². The van der Waals surface area contributed by atoms with Crippen molar-refractivity contribution in [3.05, 3.63) is 52.6 Å². The van der Waals surface area contributed by atoms with E-state index in [9.17, 15) is 26.3 Å². The highest BCUT2D eigenvalue weighted by atomic mass is 19.4. The first-order valence-electron chi connectivity index (χ1n) is 10.5. The van der Waals surface area contributed by atoms with Crippen LogP contribution in [0, 0.1) is 0 Å². The summed E-state index contributed by atoms with van der Waals surface area (Å²) >= 11 is 0. The molecular formula is C23H26F6N2O3. The smallest absolute Gasteiger partial charge is 0.416 e. The fraction of sp³-hybridized carbons (Fsp3) is 0.478. The van der Waals surface area contributed by atoms with Gasteiger partial charge in [-0.25, -0.2) is 0 Å². The van der Waals surface area contributed by atoms with Gasteiger partial charge in [0.2, 0.25) is 0 Å². The summed E-state index contributed by atoms with van der Waals surface area (Å²) in [6, 6.07) is 4.62. The van der Waals surface area contributed by atoms with E-state index >= 15 is 0 Å². The zero-order valence-corrected chi connectivity index (χ0v) is 19.0. The first-order chi connectivity index (χ1) is 15.9. The van der Waals surface area contributed by atoms with Gasteiger partial charge in [-0.3, -0.25) is 4.90 Å². The molecule has 1 aliphatic rings. The van der Waals surface area contributed by atoms with Crippen molar-refractivity contribution in [2.75, 3.05) is 47.4 Å². The molecule has 0 radical (unpaired) electrons. The van der Waals surface area contributed by atoms with Gasteiger partial charge in [0.05, 0.1) is 30.9 Å². The second kappa shape index (κ2) is 10.3. The van der Waals surface area contributed by atoms with Crippen molar-refractivity contribution in [3.8, 4) is 17.2 Å². The van der Waals surface area contributed by atoms with Crippen LogP contribution in [0.4, 0.5) is 26.3 Å². The van der Waals surface area contributed by atoms with Gasteiger partial charge in [-0.15, -0.1) is 0 Å². The van der Waals surface area contributed by atoms with E-state index in [2.05, 4.69) is 9.80 Å². The van der Waals surface area contributed by atoms with Gasteiger partial charge in [0, 0.05) is 44.9 Å². The number of methoxy groups -OCH3 is 2. The average molecular weight is 492 g/mol. The molecule has 0 spiro atoms. The molecule has 3 rings (SSSR count). The Morgan fingerprint density at radius 1 is 0.765 bits per heavy atom. The van der Waals surface area contributed by atoms with Crippen LogP contribution >= 0.6 is 0 Å². The third-order valence-electron chi connectivity index (χ3n) is 5.62. The summed E-state index contributed by atoms with van der Waals surface area (Å²) in [5.41, 5.74) is -2.39. The van der Waals surface area contributed by atoms with Gasteiger partial charge in [-0.05, 0) is 30.8 Å². The average Bonchev–Trinajstić information content (AvgIpc) is 2.78. The van der Waals surface area contributed by atoms with Gasteiger partial charge >= 0.3 is 12.4 Å².